The third-order valence-corrected chi connectivity index (χ3v) is 8.14. The normalized spacial score (nSPS) is 13.8. The number of esters is 1. The quantitative estimate of drug-likeness (QED) is 0.147. The molecule has 0 atom stereocenters. The first-order valence-corrected chi connectivity index (χ1v) is 14.4. The Balaban J connectivity index is 1.20. The lowest BCUT2D eigenvalue weighted by Gasteiger charge is -2.13. The molecule has 0 unspecified atom stereocenters. The molecule has 0 amide bonds. The summed E-state index contributed by atoms with van der Waals surface area (Å²) in [5, 5.41) is 28.8. The van der Waals surface area contributed by atoms with E-state index < -0.39 is 0 Å². The summed E-state index contributed by atoms with van der Waals surface area (Å²) in [6, 6.07) is 15.5. The van der Waals surface area contributed by atoms with Gasteiger partial charge < -0.3 is 9.64 Å². The molecular weight excluding hydrogens is 544 g/mol. The Hall–Kier alpha value is -4.16. The van der Waals surface area contributed by atoms with E-state index in [0.717, 1.165) is 45.5 Å². The van der Waals surface area contributed by atoms with Crippen molar-refractivity contribution in [3.8, 4) is 0 Å². The molecular formula is C28H28N8O2S2. The number of nitrogens with zero attached hydrogens (tertiary/aromatic N) is 8. The van der Waals surface area contributed by atoms with Gasteiger partial charge in [-0.05, 0) is 86.3 Å². The molecule has 2 aromatic carbocycles. The molecule has 0 radical (unpaired) electrons. The molecule has 204 valence electrons. The number of ether oxygens (including phenoxy) is 1. The summed E-state index contributed by atoms with van der Waals surface area (Å²) in [6.07, 6.45) is 4.29. The minimum atomic E-state index is -0.315. The van der Waals surface area contributed by atoms with E-state index in [-0.39, 0.29) is 12.4 Å². The summed E-state index contributed by atoms with van der Waals surface area (Å²) in [5.41, 5.74) is 4.81. The lowest BCUT2D eigenvalue weighted by molar-refractivity contribution is -0.139. The zero-order chi connectivity index (χ0) is 27.9. The molecule has 12 heteroatoms. The highest BCUT2D eigenvalue weighted by Gasteiger charge is 2.14. The summed E-state index contributed by atoms with van der Waals surface area (Å²) in [4.78, 5) is 18.8. The number of thiazole rings is 1. The van der Waals surface area contributed by atoms with Gasteiger partial charge in [-0.15, -0.1) is 20.5 Å². The van der Waals surface area contributed by atoms with Gasteiger partial charge in [-0.25, -0.2) is 4.98 Å². The van der Waals surface area contributed by atoms with E-state index in [2.05, 4.69) is 51.4 Å². The van der Waals surface area contributed by atoms with Crippen molar-refractivity contribution in [3.05, 3.63) is 70.7 Å². The lowest BCUT2D eigenvalue weighted by atomic mass is 10.2. The smallest absolute Gasteiger partial charge is 0.310 e. The fourth-order valence-corrected chi connectivity index (χ4v) is 5.66. The maximum absolute atomic E-state index is 11.4. The van der Waals surface area contributed by atoms with Gasteiger partial charge >= 0.3 is 5.97 Å². The van der Waals surface area contributed by atoms with Crippen LogP contribution < -0.4 is 4.90 Å². The van der Waals surface area contributed by atoms with Gasteiger partial charge in [0.1, 0.15) is 5.00 Å². The Morgan fingerprint density at radius 1 is 0.850 bits per heavy atom. The zero-order valence-electron chi connectivity index (χ0n) is 22.4. The van der Waals surface area contributed by atoms with Crippen LogP contribution in [0.1, 0.15) is 28.8 Å². The van der Waals surface area contributed by atoms with Crippen LogP contribution in [0.15, 0.2) is 85.4 Å². The van der Waals surface area contributed by atoms with E-state index in [0.29, 0.717) is 16.5 Å². The Morgan fingerprint density at radius 3 is 2.15 bits per heavy atom. The van der Waals surface area contributed by atoms with Crippen LogP contribution in [0.5, 0.6) is 0 Å². The van der Waals surface area contributed by atoms with Crippen molar-refractivity contribution in [1.82, 2.24) is 4.98 Å². The van der Waals surface area contributed by atoms with Crippen LogP contribution in [-0.4, -0.2) is 31.2 Å². The molecule has 0 bridgehead atoms. The number of benzene rings is 2. The number of rotatable bonds is 9. The van der Waals surface area contributed by atoms with Crippen molar-refractivity contribution in [2.45, 2.75) is 33.1 Å². The highest BCUT2D eigenvalue weighted by molar-refractivity contribution is 7.19. The Kier molecular flexibility index (Phi) is 8.77. The highest BCUT2D eigenvalue weighted by Crippen LogP contribution is 2.35. The molecule has 5 rings (SSSR count). The van der Waals surface area contributed by atoms with Crippen LogP contribution in [-0.2, 0) is 16.0 Å². The maximum atomic E-state index is 11.4. The monoisotopic (exact) mass is 572 g/mol. The van der Waals surface area contributed by atoms with Crippen LogP contribution >= 0.6 is 22.7 Å². The number of carbonyl (C=O) groups is 1. The Morgan fingerprint density at radius 2 is 1.50 bits per heavy atom. The third-order valence-electron chi connectivity index (χ3n) is 6.22. The number of aromatic nitrogens is 1. The molecule has 1 saturated heterocycles. The van der Waals surface area contributed by atoms with Crippen LogP contribution in [0.3, 0.4) is 0 Å². The average Bonchev–Trinajstić information content (AvgIpc) is 3.73. The van der Waals surface area contributed by atoms with Crippen LogP contribution in [0.4, 0.5) is 37.9 Å². The molecule has 0 aliphatic carbocycles. The van der Waals surface area contributed by atoms with Gasteiger partial charge in [0.2, 0.25) is 5.13 Å². The van der Waals surface area contributed by atoms with Crippen molar-refractivity contribution in [2.24, 2.45) is 30.7 Å². The highest BCUT2D eigenvalue weighted by atomic mass is 32.1. The van der Waals surface area contributed by atoms with Gasteiger partial charge in [-0.1, -0.05) is 22.7 Å². The first kappa shape index (κ1) is 27.4. The fourth-order valence-electron chi connectivity index (χ4n) is 4.06. The zero-order valence-corrected chi connectivity index (χ0v) is 24.1. The van der Waals surface area contributed by atoms with Gasteiger partial charge in [-0.2, -0.15) is 10.2 Å². The largest absolute Gasteiger partial charge is 0.469 e. The number of carbonyl (C=O) groups excluding carboxylic acids is 1. The van der Waals surface area contributed by atoms with E-state index in [9.17, 15) is 4.79 Å². The summed E-state index contributed by atoms with van der Waals surface area (Å²) < 4.78 is 4.68. The Labute approximate surface area is 240 Å². The third kappa shape index (κ3) is 7.07. The van der Waals surface area contributed by atoms with Gasteiger partial charge in [-0.3, -0.25) is 4.79 Å². The van der Waals surface area contributed by atoms with Gasteiger partial charge in [0.15, 0.2) is 0 Å². The van der Waals surface area contributed by atoms with Crippen LogP contribution in [0.25, 0.3) is 0 Å². The topological polar surface area (TPSA) is 117 Å². The van der Waals surface area contributed by atoms with E-state index in [1.807, 2.05) is 56.3 Å². The number of thiophene rings is 1. The first-order valence-electron chi connectivity index (χ1n) is 12.8. The number of methoxy groups -OCH3 is 1. The second kappa shape index (κ2) is 12.8. The molecule has 40 heavy (non-hydrogen) atoms. The maximum Gasteiger partial charge on any atom is 0.310 e. The molecule has 1 aliphatic rings. The molecule has 1 aliphatic heterocycles. The van der Waals surface area contributed by atoms with Gasteiger partial charge in [0.05, 0.1) is 41.3 Å². The summed E-state index contributed by atoms with van der Waals surface area (Å²) in [6.45, 7) is 6.16. The second-order valence-electron chi connectivity index (χ2n) is 9.21. The summed E-state index contributed by atoms with van der Waals surface area (Å²) in [5.74, 6) is -0.315. The summed E-state index contributed by atoms with van der Waals surface area (Å²) >= 11 is 2.97. The average molecular weight is 573 g/mol. The van der Waals surface area contributed by atoms with Gasteiger partial charge in [0, 0.05) is 24.2 Å². The number of hydrogen-bond acceptors (Lipinski definition) is 12. The molecule has 0 spiro atoms. The molecule has 0 saturated carbocycles. The van der Waals surface area contributed by atoms with Crippen molar-refractivity contribution < 1.29 is 9.53 Å². The van der Waals surface area contributed by atoms with Crippen LogP contribution in [0, 0.1) is 13.8 Å². The Bertz CT molecular complexity index is 1580. The van der Waals surface area contributed by atoms with Crippen LogP contribution in [0.2, 0.25) is 0 Å². The van der Waals surface area contributed by atoms with Gasteiger partial charge in [0.25, 0.3) is 0 Å². The summed E-state index contributed by atoms with van der Waals surface area (Å²) in [7, 11) is 1.36. The standard InChI is InChI=1S/C28H28N8O2S2/c1-18-15-21(31-34-25-10-11-26(40-25)36-12-4-5-13-36)7-8-23(18)32-30-20-6-9-24(19(2)14-20)33-35-28-29-17-22(39-28)16-27(37)38-3/h6-11,14-15,17H,4-5,12-13,16H2,1-3H3. The lowest BCUT2D eigenvalue weighted by Crippen LogP contribution is -2.15. The SMILES string of the molecule is COC(=O)Cc1cnc(N=Nc2ccc(N=Nc3ccc(N=Nc4ccc(N5CCCC5)s4)cc3C)cc2C)s1. The van der Waals surface area contributed by atoms with E-state index in [1.165, 1.54) is 36.3 Å². The molecule has 3 heterocycles. The molecule has 0 N–H and O–H groups in total. The van der Waals surface area contributed by atoms with E-state index in [1.54, 1.807) is 17.5 Å². The van der Waals surface area contributed by atoms with Crippen molar-refractivity contribution in [2.75, 3.05) is 25.1 Å². The number of hydrogen-bond donors (Lipinski definition) is 0. The van der Waals surface area contributed by atoms with Crippen molar-refractivity contribution in [1.29, 1.82) is 0 Å². The van der Waals surface area contributed by atoms with Crippen molar-refractivity contribution >= 4 is 66.5 Å². The molecule has 1 fully saturated rings. The predicted molar refractivity (Wildman–Crippen MR) is 158 cm³/mol. The van der Waals surface area contributed by atoms with E-state index >= 15 is 0 Å². The number of aryl methyl sites for hydroxylation is 2. The first-order chi connectivity index (χ1) is 19.5. The predicted octanol–water partition coefficient (Wildman–Crippen LogP) is 9.38. The van der Waals surface area contributed by atoms with Crippen molar-refractivity contribution in [3.63, 3.8) is 0 Å². The minimum Gasteiger partial charge on any atom is -0.469 e. The number of anilines is 1. The molecule has 2 aromatic heterocycles. The molecule has 10 nitrogen and oxygen atoms in total. The number of azo groups is 3. The van der Waals surface area contributed by atoms with E-state index in [4.69, 9.17) is 0 Å². The second-order valence-corrected chi connectivity index (χ2v) is 11.3. The minimum absolute atomic E-state index is 0.170. The molecule has 4 aromatic rings. The fraction of sp³-hybridized carbons (Fsp3) is 0.286.